The Hall–Kier alpha value is -2.67. The number of piperidine rings is 1. The van der Waals surface area contributed by atoms with Gasteiger partial charge in [-0.3, -0.25) is 14.3 Å². The number of fused-ring (bicyclic) bond motifs is 2. The van der Waals surface area contributed by atoms with Gasteiger partial charge in [-0.25, -0.2) is 0 Å². The number of benzene rings is 1. The van der Waals surface area contributed by atoms with Crippen molar-refractivity contribution in [2.24, 2.45) is 7.05 Å². The molecule has 1 amide bonds. The van der Waals surface area contributed by atoms with Crippen LogP contribution in [0, 0.1) is 6.92 Å². The predicted molar refractivity (Wildman–Crippen MR) is 111 cm³/mol. The molecule has 0 radical (unpaired) electrons. The molecule has 2 aromatic rings. The van der Waals surface area contributed by atoms with Gasteiger partial charge in [-0.2, -0.15) is 5.10 Å². The van der Waals surface area contributed by atoms with Crippen molar-refractivity contribution in [2.45, 2.75) is 63.1 Å². The largest absolute Gasteiger partial charge is 0.496 e. The number of amides is 1. The number of Topliss-reactive ketones (excluding diaryl/α,β-unsaturated/α-hetero) is 1. The van der Waals surface area contributed by atoms with Gasteiger partial charge >= 0.3 is 0 Å². The Bertz CT molecular complexity index is 953. The van der Waals surface area contributed by atoms with Crippen molar-refractivity contribution in [1.29, 1.82) is 0 Å². The van der Waals surface area contributed by atoms with Crippen LogP contribution in [0.3, 0.4) is 0 Å². The summed E-state index contributed by atoms with van der Waals surface area (Å²) >= 11 is 0. The number of hydrogen-bond donors (Lipinski definition) is 1. The van der Waals surface area contributed by atoms with Crippen molar-refractivity contribution >= 4 is 11.7 Å². The van der Waals surface area contributed by atoms with E-state index in [1.807, 2.05) is 37.1 Å². The monoisotopic (exact) mass is 411 g/mol. The first-order chi connectivity index (χ1) is 14.3. The van der Waals surface area contributed by atoms with Gasteiger partial charge in [0.2, 0.25) is 5.91 Å². The number of rotatable bonds is 6. The number of aryl methyl sites for hydroxylation is 2. The summed E-state index contributed by atoms with van der Waals surface area (Å²) in [6.45, 7) is 1.93. The zero-order valence-electron chi connectivity index (χ0n) is 17.8. The summed E-state index contributed by atoms with van der Waals surface area (Å²) in [6, 6.07) is 7.35. The lowest BCUT2D eigenvalue weighted by Gasteiger charge is -2.43. The van der Waals surface area contributed by atoms with E-state index in [1.165, 1.54) is 0 Å². The molecule has 160 valence electrons. The molecule has 0 aliphatic carbocycles. The van der Waals surface area contributed by atoms with Gasteiger partial charge in [0, 0.05) is 51.0 Å². The number of carbonyl (C=O) groups is 2. The summed E-state index contributed by atoms with van der Waals surface area (Å²) in [6.07, 6.45) is 4.81. The Morgan fingerprint density at radius 2 is 1.90 bits per heavy atom. The number of ketones is 1. The van der Waals surface area contributed by atoms with Crippen LogP contribution in [-0.4, -0.2) is 50.7 Å². The second-order valence-corrected chi connectivity index (χ2v) is 8.59. The molecular weight excluding hydrogens is 382 g/mol. The molecule has 4 rings (SSSR count). The Morgan fingerprint density at radius 3 is 2.50 bits per heavy atom. The molecule has 2 aliphatic rings. The van der Waals surface area contributed by atoms with Crippen LogP contribution in [0.1, 0.15) is 60.1 Å². The smallest absolute Gasteiger partial charge is 0.223 e. The van der Waals surface area contributed by atoms with E-state index in [0.29, 0.717) is 24.2 Å². The highest BCUT2D eigenvalue weighted by Crippen LogP contribution is 2.45. The van der Waals surface area contributed by atoms with Crippen LogP contribution in [0.15, 0.2) is 30.5 Å². The first kappa shape index (κ1) is 20.6. The van der Waals surface area contributed by atoms with E-state index in [0.717, 1.165) is 24.1 Å². The van der Waals surface area contributed by atoms with Crippen molar-refractivity contribution in [3.8, 4) is 5.75 Å². The topological polar surface area (TPSA) is 84.7 Å². The maximum absolute atomic E-state index is 13.0. The van der Waals surface area contributed by atoms with Crippen molar-refractivity contribution in [2.75, 3.05) is 7.11 Å². The van der Waals surface area contributed by atoms with Gasteiger partial charge < -0.3 is 14.7 Å². The van der Waals surface area contributed by atoms with Gasteiger partial charge in [-0.15, -0.1) is 0 Å². The third kappa shape index (κ3) is 3.62. The Kier molecular flexibility index (Phi) is 5.40. The van der Waals surface area contributed by atoms with Gasteiger partial charge in [0.05, 0.1) is 18.4 Å². The molecule has 2 fully saturated rings. The summed E-state index contributed by atoms with van der Waals surface area (Å²) in [5.41, 5.74) is 1.35. The van der Waals surface area contributed by atoms with Crippen LogP contribution in [0.5, 0.6) is 5.75 Å². The van der Waals surface area contributed by atoms with Crippen LogP contribution >= 0.6 is 0 Å². The third-order valence-corrected chi connectivity index (χ3v) is 6.57. The van der Waals surface area contributed by atoms with Gasteiger partial charge in [-0.1, -0.05) is 11.6 Å². The van der Waals surface area contributed by atoms with Crippen LogP contribution in [0.2, 0.25) is 0 Å². The van der Waals surface area contributed by atoms with E-state index in [2.05, 4.69) is 5.10 Å². The van der Waals surface area contributed by atoms with Crippen molar-refractivity contribution < 1.29 is 19.4 Å². The minimum Gasteiger partial charge on any atom is -0.496 e. The lowest BCUT2D eigenvalue weighted by atomic mass is 9.83. The SMILES string of the molecule is COc1ccc(C)cc1C(=O)CCC(=O)N1C2CCC1CC(O)(c1ccnn1C)C2. The van der Waals surface area contributed by atoms with Crippen LogP contribution in [-0.2, 0) is 17.4 Å². The van der Waals surface area contributed by atoms with E-state index in [-0.39, 0.29) is 36.6 Å². The fraction of sp³-hybridized carbons (Fsp3) is 0.522. The number of aromatic nitrogens is 2. The number of aliphatic hydroxyl groups is 1. The normalized spacial score (nSPS) is 25.4. The zero-order valence-corrected chi connectivity index (χ0v) is 17.8. The highest BCUT2D eigenvalue weighted by Gasteiger charge is 2.50. The Labute approximate surface area is 176 Å². The number of ether oxygens (including phenoxy) is 1. The average molecular weight is 412 g/mol. The fourth-order valence-corrected chi connectivity index (χ4v) is 5.20. The Balaban J connectivity index is 1.43. The van der Waals surface area contributed by atoms with E-state index in [4.69, 9.17) is 4.74 Å². The number of carbonyl (C=O) groups excluding carboxylic acids is 2. The van der Waals surface area contributed by atoms with E-state index >= 15 is 0 Å². The molecule has 2 saturated heterocycles. The maximum Gasteiger partial charge on any atom is 0.223 e. The van der Waals surface area contributed by atoms with Crippen molar-refractivity contribution in [1.82, 2.24) is 14.7 Å². The molecule has 1 aromatic heterocycles. The second kappa shape index (κ2) is 7.87. The van der Waals surface area contributed by atoms with E-state index in [9.17, 15) is 14.7 Å². The Morgan fingerprint density at radius 1 is 1.20 bits per heavy atom. The maximum atomic E-state index is 13.0. The minimum absolute atomic E-state index is 0.000224. The number of nitrogens with zero attached hydrogens (tertiary/aromatic N) is 3. The lowest BCUT2D eigenvalue weighted by Crippen LogP contribution is -2.52. The number of methoxy groups -OCH3 is 1. The van der Waals surface area contributed by atoms with Crippen LogP contribution < -0.4 is 4.74 Å². The third-order valence-electron chi connectivity index (χ3n) is 6.57. The van der Waals surface area contributed by atoms with Gasteiger partial charge in [-0.05, 0) is 38.0 Å². The molecule has 7 nitrogen and oxygen atoms in total. The molecule has 1 aromatic carbocycles. The van der Waals surface area contributed by atoms with Crippen molar-refractivity contribution in [3.05, 3.63) is 47.3 Å². The lowest BCUT2D eigenvalue weighted by molar-refractivity contribution is -0.142. The summed E-state index contributed by atoms with van der Waals surface area (Å²) in [4.78, 5) is 27.7. The van der Waals surface area contributed by atoms with Gasteiger partial charge in [0.25, 0.3) is 0 Å². The fourth-order valence-electron chi connectivity index (χ4n) is 5.20. The molecule has 2 unspecified atom stereocenters. The number of hydrogen-bond acceptors (Lipinski definition) is 5. The van der Waals surface area contributed by atoms with Crippen LogP contribution in [0.4, 0.5) is 0 Å². The summed E-state index contributed by atoms with van der Waals surface area (Å²) in [7, 11) is 3.37. The van der Waals surface area contributed by atoms with E-state index in [1.54, 1.807) is 24.1 Å². The molecule has 1 N–H and O–H groups in total. The molecule has 2 bridgehead atoms. The molecule has 2 aliphatic heterocycles. The second-order valence-electron chi connectivity index (χ2n) is 8.59. The van der Waals surface area contributed by atoms with Gasteiger partial charge in [0.1, 0.15) is 11.4 Å². The highest BCUT2D eigenvalue weighted by molar-refractivity contribution is 6.00. The minimum atomic E-state index is -0.960. The standard InChI is InChI=1S/C23H29N3O4/c1-15-4-8-20(30-3)18(12-15)19(27)7-9-22(28)26-16-5-6-17(26)14-23(29,13-16)21-10-11-24-25(21)2/h4,8,10-12,16-17,29H,5-7,9,13-14H2,1-3H3. The molecule has 30 heavy (non-hydrogen) atoms. The first-order valence-corrected chi connectivity index (χ1v) is 10.5. The van der Waals surface area contributed by atoms with Gasteiger partial charge in [0.15, 0.2) is 5.78 Å². The van der Waals surface area contributed by atoms with Crippen LogP contribution in [0.25, 0.3) is 0 Å². The van der Waals surface area contributed by atoms with Crippen molar-refractivity contribution in [3.63, 3.8) is 0 Å². The summed E-state index contributed by atoms with van der Waals surface area (Å²) < 4.78 is 7.02. The quantitative estimate of drug-likeness (QED) is 0.739. The average Bonchev–Trinajstić information content (AvgIpc) is 3.28. The molecule has 2 atom stereocenters. The zero-order chi connectivity index (χ0) is 21.5. The molecule has 7 heteroatoms. The first-order valence-electron chi connectivity index (χ1n) is 10.5. The summed E-state index contributed by atoms with van der Waals surface area (Å²) in [5, 5.41) is 15.5. The molecule has 0 saturated carbocycles. The summed E-state index contributed by atoms with van der Waals surface area (Å²) in [5.74, 6) is 0.450. The predicted octanol–water partition coefficient (Wildman–Crippen LogP) is 2.74. The van der Waals surface area contributed by atoms with E-state index < -0.39 is 5.60 Å². The molecule has 0 spiro atoms. The molecular formula is C23H29N3O4. The molecule has 3 heterocycles. The highest BCUT2D eigenvalue weighted by atomic mass is 16.5.